The first-order chi connectivity index (χ1) is 13.0. The van der Waals surface area contributed by atoms with E-state index < -0.39 is 10.8 Å². The smallest absolute Gasteiger partial charge is 0.270 e. The van der Waals surface area contributed by atoms with Crippen molar-refractivity contribution in [2.24, 2.45) is 0 Å². The van der Waals surface area contributed by atoms with Crippen molar-refractivity contribution in [2.45, 2.75) is 13.0 Å². The Morgan fingerprint density at radius 1 is 1.26 bits per heavy atom. The molecular formula is C18H17N5O4. The maximum absolute atomic E-state index is 12.6. The third-order valence-electron chi connectivity index (χ3n) is 4.06. The number of aromatic nitrogens is 3. The Kier molecular flexibility index (Phi) is 5.11. The Balaban J connectivity index is 1.77. The van der Waals surface area contributed by atoms with Gasteiger partial charge in [0.25, 0.3) is 11.6 Å². The minimum absolute atomic E-state index is 0.109. The highest BCUT2D eigenvalue weighted by Gasteiger charge is 2.19. The number of hydrogen-bond donors (Lipinski definition) is 1. The third kappa shape index (κ3) is 3.92. The summed E-state index contributed by atoms with van der Waals surface area (Å²) < 4.78 is 6.77. The highest BCUT2D eigenvalue weighted by atomic mass is 16.6. The molecule has 1 heterocycles. The number of nitro benzene ring substituents is 1. The maximum Gasteiger partial charge on any atom is 0.270 e. The van der Waals surface area contributed by atoms with E-state index in [2.05, 4.69) is 15.4 Å². The van der Waals surface area contributed by atoms with Crippen LogP contribution >= 0.6 is 0 Å². The monoisotopic (exact) mass is 367 g/mol. The van der Waals surface area contributed by atoms with E-state index in [0.717, 1.165) is 11.3 Å². The second-order valence-electron chi connectivity index (χ2n) is 5.77. The van der Waals surface area contributed by atoms with E-state index in [1.807, 2.05) is 31.2 Å². The predicted octanol–water partition coefficient (Wildman–Crippen LogP) is 2.68. The zero-order valence-corrected chi connectivity index (χ0v) is 14.7. The number of rotatable bonds is 6. The zero-order valence-electron chi connectivity index (χ0n) is 14.7. The van der Waals surface area contributed by atoms with Gasteiger partial charge in [-0.25, -0.2) is 9.67 Å². The van der Waals surface area contributed by atoms with Crippen LogP contribution in [0.15, 0.2) is 55.1 Å². The lowest BCUT2D eigenvalue weighted by Gasteiger charge is -2.16. The van der Waals surface area contributed by atoms with Gasteiger partial charge < -0.3 is 10.1 Å². The van der Waals surface area contributed by atoms with E-state index in [1.165, 1.54) is 31.6 Å². The van der Waals surface area contributed by atoms with Gasteiger partial charge in [0.05, 0.1) is 29.3 Å². The van der Waals surface area contributed by atoms with Crippen LogP contribution < -0.4 is 10.1 Å². The lowest BCUT2D eigenvalue weighted by atomic mass is 10.1. The van der Waals surface area contributed by atoms with Crippen molar-refractivity contribution in [3.63, 3.8) is 0 Å². The molecule has 3 rings (SSSR count). The fourth-order valence-corrected chi connectivity index (χ4v) is 2.60. The first kappa shape index (κ1) is 18.1. The molecule has 1 N–H and O–H groups in total. The number of nitro groups is 1. The number of methoxy groups -OCH3 is 1. The van der Waals surface area contributed by atoms with Gasteiger partial charge in [0.1, 0.15) is 18.4 Å². The van der Waals surface area contributed by atoms with Gasteiger partial charge in [0, 0.05) is 12.1 Å². The first-order valence-electron chi connectivity index (χ1n) is 8.08. The van der Waals surface area contributed by atoms with Crippen molar-refractivity contribution in [3.05, 3.63) is 76.4 Å². The molecule has 0 bridgehead atoms. The molecule has 27 heavy (non-hydrogen) atoms. The van der Waals surface area contributed by atoms with Crippen molar-refractivity contribution in [3.8, 4) is 11.4 Å². The second kappa shape index (κ2) is 7.65. The quantitative estimate of drug-likeness (QED) is 0.529. The Hall–Kier alpha value is -3.75. The molecule has 1 aromatic heterocycles. The number of benzene rings is 2. The van der Waals surface area contributed by atoms with Crippen molar-refractivity contribution in [1.82, 2.24) is 20.1 Å². The van der Waals surface area contributed by atoms with Gasteiger partial charge in [-0.1, -0.05) is 12.1 Å². The molecule has 0 saturated carbocycles. The average molecular weight is 367 g/mol. The molecular weight excluding hydrogens is 350 g/mol. The number of carbonyl (C=O) groups excluding carboxylic acids is 1. The van der Waals surface area contributed by atoms with Crippen molar-refractivity contribution < 1.29 is 14.5 Å². The van der Waals surface area contributed by atoms with E-state index >= 15 is 0 Å². The van der Waals surface area contributed by atoms with Crippen LogP contribution in [0.3, 0.4) is 0 Å². The maximum atomic E-state index is 12.6. The molecule has 138 valence electrons. The van der Waals surface area contributed by atoms with Crippen LogP contribution in [0.1, 0.15) is 28.9 Å². The molecule has 0 aliphatic heterocycles. The van der Waals surface area contributed by atoms with Gasteiger partial charge in [-0.05, 0) is 30.7 Å². The molecule has 0 fully saturated rings. The summed E-state index contributed by atoms with van der Waals surface area (Å²) in [7, 11) is 1.41. The summed E-state index contributed by atoms with van der Waals surface area (Å²) in [6, 6.07) is 11.0. The second-order valence-corrected chi connectivity index (χ2v) is 5.77. The fourth-order valence-electron chi connectivity index (χ4n) is 2.60. The average Bonchev–Trinajstić information content (AvgIpc) is 3.22. The van der Waals surface area contributed by atoms with E-state index in [-0.39, 0.29) is 23.0 Å². The van der Waals surface area contributed by atoms with E-state index in [0.29, 0.717) is 0 Å². The Labute approximate surface area is 154 Å². The fraction of sp³-hybridized carbons (Fsp3) is 0.167. The molecule has 9 heteroatoms. The Bertz CT molecular complexity index is 954. The van der Waals surface area contributed by atoms with Crippen LogP contribution in [0.25, 0.3) is 5.69 Å². The summed E-state index contributed by atoms with van der Waals surface area (Å²) >= 11 is 0. The van der Waals surface area contributed by atoms with Crippen LogP contribution in [-0.2, 0) is 0 Å². The number of non-ortho nitro benzene ring substituents is 1. The number of amides is 1. The number of hydrogen-bond acceptors (Lipinski definition) is 6. The molecule has 0 aliphatic carbocycles. The number of nitrogens with one attached hydrogen (secondary N) is 1. The van der Waals surface area contributed by atoms with E-state index in [4.69, 9.17) is 4.74 Å². The van der Waals surface area contributed by atoms with Gasteiger partial charge in [-0.2, -0.15) is 5.10 Å². The third-order valence-corrected chi connectivity index (χ3v) is 4.06. The van der Waals surface area contributed by atoms with Gasteiger partial charge >= 0.3 is 0 Å². The van der Waals surface area contributed by atoms with Crippen LogP contribution in [-0.4, -0.2) is 32.7 Å². The summed E-state index contributed by atoms with van der Waals surface area (Å²) in [4.78, 5) is 26.9. The normalized spacial score (nSPS) is 11.6. The lowest BCUT2D eigenvalue weighted by Crippen LogP contribution is -2.27. The molecule has 0 saturated heterocycles. The molecule has 9 nitrogen and oxygen atoms in total. The van der Waals surface area contributed by atoms with Crippen molar-refractivity contribution >= 4 is 11.6 Å². The SMILES string of the molecule is COc1ccc([N+](=O)[O-])cc1C(=O)NC(C)c1ccc(-n2cncn2)cc1. The highest BCUT2D eigenvalue weighted by Crippen LogP contribution is 2.25. The molecule has 0 spiro atoms. The van der Waals surface area contributed by atoms with Gasteiger partial charge in [0.15, 0.2) is 0 Å². The van der Waals surface area contributed by atoms with E-state index in [9.17, 15) is 14.9 Å². The topological polar surface area (TPSA) is 112 Å². The van der Waals surface area contributed by atoms with Crippen LogP contribution in [0.2, 0.25) is 0 Å². The standard InChI is InChI=1S/C18H17N5O4/c1-12(13-3-5-14(6-4-13)22-11-19-10-20-22)21-18(24)16-9-15(23(25)26)7-8-17(16)27-2/h3-12H,1-2H3,(H,21,24). The van der Waals surface area contributed by atoms with Gasteiger partial charge in [-0.3, -0.25) is 14.9 Å². The van der Waals surface area contributed by atoms with Crippen LogP contribution in [0.5, 0.6) is 5.75 Å². The summed E-state index contributed by atoms with van der Waals surface area (Å²) in [5.41, 5.74) is 1.65. The molecule has 1 atom stereocenters. The summed E-state index contributed by atoms with van der Waals surface area (Å²) in [5.74, 6) is -0.185. The Morgan fingerprint density at radius 2 is 2.00 bits per heavy atom. The zero-order chi connectivity index (χ0) is 19.4. The largest absolute Gasteiger partial charge is 0.496 e. The van der Waals surface area contributed by atoms with Gasteiger partial charge in [-0.15, -0.1) is 0 Å². The minimum Gasteiger partial charge on any atom is -0.496 e. The molecule has 1 amide bonds. The summed E-state index contributed by atoms with van der Waals surface area (Å²) in [6.07, 6.45) is 3.04. The summed E-state index contributed by atoms with van der Waals surface area (Å²) in [6.45, 7) is 1.83. The van der Waals surface area contributed by atoms with Crippen molar-refractivity contribution in [2.75, 3.05) is 7.11 Å². The molecule has 0 radical (unpaired) electrons. The van der Waals surface area contributed by atoms with Crippen LogP contribution in [0, 0.1) is 10.1 Å². The number of ether oxygens (including phenoxy) is 1. The number of carbonyl (C=O) groups is 1. The van der Waals surface area contributed by atoms with E-state index in [1.54, 1.807) is 11.0 Å². The molecule has 3 aromatic rings. The Morgan fingerprint density at radius 3 is 2.59 bits per heavy atom. The first-order valence-corrected chi connectivity index (χ1v) is 8.08. The van der Waals surface area contributed by atoms with Crippen molar-refractivity contribution in [1.29, 1.82) is 0 Å². The lowest BCUT2D eigenvalue weighted by molar-refractivity contribution is -0.384. The molecule has 1 unspecified atom stereocenters. The number of nitrogens with zero attached hydrogens (tertiary/aromatic N) is 4. The van der Waals surface area contributed by atoms with Gasteiger partial charge in [0.2, 0.25) is 0 Å². The molecule has 0 aliphatic rings. The highest BCUT2D eigenvalue weighted by molar-refractivity contribution is 5.97. The summed E-state index contributed by atoms with van der Waals surface area (Å²) in [5, 5.41) is 17.9. The predicted molar refractivity (Wildman–Crippen MR) is 96.9 cm³/mol. The minimum atomic E-state index is -0.553. The van der Waals surface area contributed by atoms with Crippen LogP contribution in [0.4, 0.5) is 5.69 Å². The molecule has 2 aromatic carbocycles.